The molecule has 1 aromatic heterocycles. The fourth-order valence-corrected chi connectivity index (χ4v) is 3.73. The van der Waals surface area contributed by atoms with Crippen molar-refractivity contribution in [2.45, 2.75) is 14.8 Å². The number of aromatic nitrogens is 1. The van der Waals surface area contributed by atoms with Gasteiger partial charge in [-0.15, -0.1) is 0 Å². The van der Waals surface area contributed by atoms with E-state index in [2.05, 4.69) is 4.98 Å². The lowest BCUT2D eigenvalue weighted by atomic mass is 10.3. The fraction of sp³-hybridized carbons (Fsp3) is 0.0769. The number of carbonyl (C=O) groups is 1. The Balaban J connectivity index is 2.41. The Bertz CT molecular complexity index is 756. The third-order valence-electron chi connectivity index (χ3n) is 2.44. The molecule has 104 valence electrons. The van der Waals surface area contributed by atoms with Crippen molar-refractivity contribution in [3.8, 4) is 0 Å². The fourth-order valence-electron chi connectivity index (χ4n) is 1.55. The summed E-state index contributed by atoms with van der Waals surface area (Å²) in [6, 6.07) is 9.33. The Morgan fingerprint density at radius 1 is 1.25 bits per heavy atom. The molecule has 1 aromatic carbocycles. The summed E-state index contributed by atoms with van der Waals surface area (Å²) in [5, 5.41) is 9.36. The summed E-state index contributed by atoms with van der Waals surface area (Å²) in [6.45, 7) is 0. The van der Waals surface area contributed by atoms with Gasteiger partial charge in [-0.1, -0.05) is 23.9 Å². The van der Waals surface area contributed by atoms with Crippen LogP contribution in [0.25, 0.3) is 0 Å². The second-order valence-electron chi connectivity index (χ2n) is 4.01. The van der Waals surface area contributed by atoms with Crippen molar-refractivity contribution in [3.63, 3.8) is 0 Å². The Morgan fingerprint density at radius 3 is 2.60 bits per heavy atom. The van der Waals surface area contributed by atoms with Crippen molar-refractivity contribution in [2.24, 2.45) is 0 Å². The molecule has 2 rings (SSSR count). The van der Waals surface area contributed by atoms with E-state index in [1.54, 1.807) is 18.2 Å². The Hall–Kier alpha value is -1.86. The van der Waals surface area contributed by atoms with Crippen LogP contribution in [0.4, 0.5) is 0 Å². The number of pyridine rings is 1. The van der Waals surface area contributed by atoms with Gasteiger partial charge in [-0.05, 0) is 24.3 Å². The van der Waals surface area contributed by atoms with E-state index in [4.69, 9.17) is 5.11 Å². The predicted octanol–water partition coefficient (Wildman–Crippen LogP) is 2.33. The van der Waals surface area contributed by atoms with Crippen molar-refractivity contribution in [1.29, 1.82) is 0 Å². The molecule has 7 heteroatoms. The largest absolute Gasteiger partial charge is 0.478 e. The zero-order valence-corrected chi connectivity index (χ0v) is 12.1. The second-order valence-corrected chi connectivity index (χ2v) is 7.06. The van der Waals surface area contributed by atoms with Crippen LogP contribution in [0, 0.1) is 0 Å². The average Bonchev–Trinajstić information content (AvgIpc) is 2.38. The number of hydrogen-bond acceptors (Lipinski definition) is 5. The van der Waals surface area contributed by atoms with Gasteiger partial charge in [0.2, 0.25) is 0 Å². The first-order chi connectivity index (χ1) is 9.38. The SMILES string of the molecule is CS(=O)(=O)c1ccccc1Sc1cc(C(=O)O)ccn1. The molecule has 20 heavy (non-hydrogen) atoms. The molecule has 0 fully saturated rings. The van der Waals surface area contributed by atoms with Crippen LogP contribution in [0.15, 0.2) is 57.4 Å². The number of nitrogens with zero attached hydrogens (tertiary/aromatic N) is 1. The van der Waals surface area contributed by atoms with Crippen LogP contribution in [0.5, 0.6) is 0 Å². The first-order valence-corrected chi connectivity index (χ1v) is 8.25. The lowest BCUT2D eigenvalue weighted by Crippen LogP contribution is -2.00. The molecule has 5 nitrogen and oxygen atoms in total. The third kappa shape index (κ3) is 3.37. The molecule has 0 amide bonds. The molecule has 0 aliphatic rings. The summed E-state index contributed by atoms with van der Waals surface area (Å²) >= 11 is 1.12. The van der Waals surface area contributed by atoms with E-state index in [1.165, 1.54) is 24.4 Å². The summed E-state index contributed by atoms with van der Waals surface area (Å²) in [5.41, 5.74) is 0.110. The summed E-state index contributed by atoms with van der Waals surface area (Å²) in [4.78, 5) is 15.7. The van der Waals surface area contributed by atoms with E-state index in [1.807, 2.05) is 0 Å². The van der Waals surface area contributed by atoms with Gasteiger partial charge >= 0.3 is 5.97 Å². The molecule has 1 heterocycles. The number of rotatable bonds is 4. The lowest BCUT2D eigenvalue weighted by molar-refractivity contribution is 0.0696. The van der Waals surface area contributed by atoms with Crippen molar-refractivity contribution in [1.82, 2.24) is 4.98 Å². The van der Waals surface area contributed by atoms with Gasteiger partial charge in [0.05, 0.1) is 10.5 Å². The highest BCUT2D eigenvalue weighted by Crippen LogP contribution is 2.31. The summed E-state index contributed by atoms with van der Waals surface area (Å²) in [5.74, 6) is -1.05. The third-order valence-corrected chi connectivity index (χ3v) is 4.74. The smallest absolute Gasteiger partial charge is 0.335 e. The van der Waals surface area contributed by atoms with Gasteiger partial charge in [0.1, 0.15) is 5.03 Å². The molecular weight excluding hydrogens is 298 g/mol. The normalized spacial score (nSPS) is 11.2. The van der Waals surface area contributed by atoms with E-state index >= 15 is 0 Å². The van der Waals surface area contributed by atoms with Crippen molar-refractivity contribution >= 4 is 27.6 Å². The topological polar surface area (TPSA) is 84.3 Å². The summed E-state index contributed by atoms with van der Waals surface area (Å²) in [6.07, 6.45) is 2.52. The summed E-state index contributed by atoms with van der Waals surface area (Å²) in [7, 11) is -3.34. The Morgan fingerprint density at radius 2 is 1.95 bits per heavy atom. The van der Waals surface area contributed by atoms with Crippen molar-refractivity contribution < 1.29 is 18.3 Å². The van der Waals surface area contributed by atoms with Crippen LogP contribution in [0.3, 0.4) is 0 Å². The van der Waals surface area contributed by atoms with Gasteiger partial charge in [0.25, 0.3) is 0 Å². The van der Waals surface area contributed by atoms with Gasteiger partial charge in [-0.2, -0.15) is 0 Å². The van der Waals surface area contributed by atoms with E-state index < -0.39 is 15.8 Å². The number of carboxylic acid groups (broad SMARTS) is 1. The minimum Gasteiger partial charge on any atom is -0.478 e. The number of carboxylic acids is 1. The first-order valence-electron chi connectivity index (χ1n) is 5.54. The van der Waals surface area contributed by atoms with Gasteiger partial charge in [-0.3, -0.25) is 0 Å². The van der Waals surface area contributed by atoms with Crippen LogP contribution in [-0.4, -0.2) is 30.7 Å². The van der Waals surface area contributed by atoms with Gasteiger partial charge in [0.15, 0.2) is 9.84 Å². The molecule has 0 radical (unpaired) electrons. The van der Waals surface area contributed by atoms with Crippen LogP contribution in [0.1, 0.15) is 10.4 Å². The molecule has 0 atom stereocenters. The maximum absolute atomic E-state index is 11.7. The second kappa shape index (κ2) is 5.64. The molecular formula is C13H11NO4S2. The lowest BCUT2D eigenvalue weighted by Gasteiger charge is -2.07. The maximum atomic E-state index is 11.7. The van der Waals surface area contributed by atoms with Crippen LogP contribution in [0.2, 0.25) is 0 Å². The van der Waals surface area contributed by atoms with Gasteiger partial charge in [0, 0.05) is 17.3 Å². The van der Waals surface area contributed by atoms with Gasteiger partial charge < -0.3 is 5.11 Å². The molecule has 0 bridgehead atoms. The standard InChI is InChI=1S/C13H11NO4S2/c1-20(17,18)11-5-3-2-4-10(11)19-12-8-9(13(15)16)6-7-14-12/h2-8H,1H3,(H,15,16). The molecule has 0 saturated carbocycles. The first kappa shape index (κ1) is 14.5. The molecule has 1 N–H and O–H groups in total. The average molecular weight is 309 g/mol. The predicted molar refractivity (Wildman–Crippen MR) is 74.9 cm³/mol. The maximum Gasteiger partial charge on any atom is 0.335 e. The van der Waals surface area contributed by atoms with E-state index in [0.29, 0.717) is 9.92 Å². The highest BCUT2D eigenvalue weighted by atomic mass is 32.2. The van der Waals surface area contributed by atoms with Crippen molar-refractivity contribution in [2.75, 3.05) is 6.26 Å². The van der Waals surface area contributed by atoms with E-state index in [9.17, 15) is 13.2 Å². The highest BCUT2D eigenvalue weighted by Gasteiger charge is 2.14. The number of aromatic carboxylic acids is 1. The molecule has 2 aromatic rings. The monoisotopic (exact) mass is 309 g/mol. The number of sulfone groups is 1. The van der Waals surface area contributed by atoms with Crippen molar-refractivity contribution in [3.05, 3.63) is 48.2 Å². The molecule has 0 aliphatic carbocycles. The molecule has 0 unspecified atom stereocenters. The van der Waals surface area contributed by atoms with Crippen LogP contribution < -0.4 is 0 Å². The van der Waals surface area contributed by atoms with E-state index in [-0.39, 0.29) is 10.5 Å². The molecule has 0 spiro atoms. The molecule has 0 saturated heterocycles. The highest BCUT2D eigenvalue weighted by molar-refractivity contribution is 8.00. The van der Waals surface area contributed by atoms with Crippen LogP contribution in [-0.2, 0) is 9.84 Å². The number of hydrogen-bond donors (Lipinski definition) is 1. The minimum atomic E-state index is -3.34. The quantitative estimate of drug-likeness (QED) is 0.933. The zero-order chi connectivity index (χ0) is 14.8. The Kier molecular flexibility index (Phi) is 4.10. The van der Waals surface area contributed by atoms with Crippen LogP contribution >= 0.6 is 11.8 Å². The molecule has 0 aliphatic heterocycles. The van der Waals surface area contributed by atoms with Gasteiger partial charge in [-0.25, -0.2) is 18.2 Å². The number of benzene rings is 1. The summed E-state index contributed by atoms with van der Waals surface area (Å²) < 4.78 is 23.4. The minimum absolute atomic E-state index is 0.110. The Labute approximate surface area is 120 Å². The van der Waals surface area contributed by atoms with E-state index in [0.717, 1.165) is 18.0 Å². The zero-order valence-electron chi connectivity index (χ0n) is 10.5.